The van der Waals surface area contributed by atoms with Crippen LogP contribution < -0.4 is 10.6 Å². The maximum Gasteiger partial charge on any atom is 0.408 e. The highest BCUT2D eigenvalue weighted by molar-refractivity contribution is 5.91. The number of carbonyl (C=O) groups excluding carboxylic acids is 3. The fraction of sp³-hybridized carbons (Fsp3) is 0.560. The van der Waals surface area contributed by atoms with Crippen LogP contribution in [0.25, 0.3) is 0 Å². The summed E-state index contributed by atoms with van der Waals surface area (Å²) in [6.45, 7) is 16.7. The summed E-state index contributed by atoms with van der Waals surface area (Å²) in [6, 6.07) is 4.90. The summed E-state index contributed by atoms with van der Waals surface area (Å²) < 4.78 is 5.22. The molecule has 0 heterocycles. The van der Waals surface area contributed by atoms with Crippen molar-refractivity contribution in [3.63, 3.8) is 0 Å². The Hall–Kier alpha value is -2.83. The van der Waals surface area contributed by atoms with E-state index in [0.717, 1.165) is 29.5 Å². The Labute approximate surface area is 192 Å². The molecule has 0 aliphatic carbocycles. The van der Waals surface area contributed by atoms with Crippen LogP contribution in [0.2, 0.25) is 0 Å². The van der Waals surface area contributed by atoms with Crippen molar-refractivity contribution in [2.75, 3.05) is 13.1 Å². The molecule has 1 rings (SSSR count). The third-order valence-electron chi connectivity index (χ3n) is 4.91. The summed E-state index contributed by atoms with van der Waals surface area (Å²) in [5.41, 5.74) is 1.93. The van der Waals surface area contributed by atoms with Crippen molar-refractivity contribution in [2.45, 2.75) is 79.0 Å². The summed E-state index contributed by atoms with van der Waals surface area (Å²) in [5, 5.41) is 5.54. The van der Waals surface area contributed by atoms with Crippen molar-refractivity contribution in [1.29, 1.82) is 0 Å². The smallest absolute Gasteiger partial charge is 0.408 e. The van der Waals surface area contributed by atoms with Gasteiger partial charge in [-0.25, -0.2) is 4.79 Å². The minimum Gasteiger partial charge on any atom is -0.444 e. The van der Waals surface area contributed by atoms with Crippen LogP contribution in [0.15, 0.2) is 30.9 Å². The van der Waals surface area contributed by atoms with E-state index in [9.17, 15) is 14.4 Å². The average Bonchev–Trinajstić information content (AvgIpc) is 2.66. The average molecular weight is 446 g/mol. The monoisotopic (exact) mass is 445 g/mol. The standard InChI is InChI=1S/C25H39N3O4/c1-9-12-19(5)27-23(30)22(21-17(3)13-11-14-18(21)4)28(15-10-2)20(29)16-26-24(31)32-25(6,7)8/h10-11,13-14,19,22H,2,9,12,15-16H2,1,3-8H3,(H,26,31)(H,27,30). The third-order valence-corrected chi connectivity index (χ3v) is 4.91. The van der Waals surface area contributed by atoms with Crippen LogP contribution in [0.4, 0.5) is 4.79 Å². The second-order valence-corrected chi connectivity index (χ2v) is 9.10. The van der Waals surface area contributed by atoms with Crippen LogP contribution in [0.1, 0.15) is 70.2 Å². The second kappa shape index (κ2) is 12.3. The molecule has 0 aromatic heterocycles. The molecule has 0 spiro atoms. The van der Waals surface area contributed by atoms with E-state index >= 15 is 0 Å². The van der Waals surface area contributed by atoms with Gasteiger partial charge < -0.3 is 20.3 Å². The first-order chi connectivity index (χ1) is 14.9. The lowest BCUT2D eigenvalue weighted by Crippen LogP contribution is -2.49. The highest BCUT2D eigenvalue weighted by Crippen LogP contribution is 2.28. The van der Waals surface area contributed by atoms with E-state index in [0.29, 0.717) is 0 Å². The number of rotatable bonds is 10. The molecule has 0 aliphatic rings. The van der Waals surface area contributed by atoms with Crippen molar-refractivity contribution in [3.8, 4) is 0 Å². The van der Waals surface area contributed by atoms with E-state index in [-0.39, 0.29) is 25.0 Å². The molecule has 0 saturated carbocycles. The lowest BCUT2D eigenvalue weighted by atomic mass is 9.93. The molecule has 0 fully saturated rings. The number of nitrogens with zero attached hydrogens (tertiary/aromatic N) is 1. The van der Waals surface area contributed by atoms with Crippen LogP contribution in [-0.2, 0) is 14.3 Å². The molecule has 0 bridgehead atoms. The molecular weight excluding hydrogens is 406 g/mol. The molecule has 0 radical (unpaired) electrons. The summed E-state index contributed by atoms with van der Waals surface area (Å²) in [4.78, 5) is 40.1. The fourth-order valence-electron chi connectivity index (χ4n) is 3.57. The molecule has 2 atom stereocenters. The lowest BCUT2D eigenvalue weighted by molar-refractivity contribution is -0.139. The molecule has 2 N–H and O–H groups in total. The summed E-state index contributed by atoms with van der Waals surface area (Å²) in [5.74, 6) is -0.655. The first kappa shape index (κ1) is 27.2. The zero-order chi connectivity index (χ0) is 24.5. The van der Waals surface area contributed by atoms with Crippen molar-refractivity contribution < 1.29 is 19.1 Å². The van der Waals surface area contributed by atoms with Crippen molar-refractivity contribution in [2.24, 2.45) is 0 Å². The molecule has 2 unspecified atom stereocenters. The van der Waals surface area contributed by atoms with Crippen LogP contribution in [0, 0.1) is 13.8 Å². The van der Waals surface area contributed by atoms with Gasteiger partial charge >= 0.3 is 6.09 Å². The van der Waals surface area contributed by atoms with Gasteiger partial charge in [-0.1, -0.05) is 37.6 Å². The number of benzene rings is 1. The van der Waals surface area contributed by atoms with Gasteiger partial charge in [0.15, 0.2) is 0 Å². The molecule has 0 saturated heterocycles. The first-order valence-corrected chi connectivity index (χ1v) is 11.1. The molecule has 178 valence electrons. The summed E-state index contributed by atoms with van der Waals surface area (Å²) in [6.07, 6.45) is 2.66. The number of nitrogens with one attached hydrogen (secondary N) is 2. The van der Waals surface area contributed by atoms with E-state index in [4.69, 9.17) is 4.74 Å². The van der Waals surface area contributed by atoms with E-state index in [1.807, 2.05) is 39.0 Å². The number of hydrogen-bond donors (Lipinski definition) is 2. The Kier molecular flexibility index (Phi) is 10.4. The lowest BCUT2D eigenvalue weighted by Gasteiger charge is -2.33. The topological polar surface area (TPSA) is 87.7 Å². The number of carbonyl (C=O) groups is 3. The number of amides is 3. The number of aryl methyl sites for hydroxylation is 2. The molecule has 0 aliphatic heterocycles. The Balaban J connectivity index is 3.26. The van der Waals surface area contributed by atoms with Gasteiger partial charge in [0.25, 0.3) is 0 Å². The molecule has 7 heteroatoms. The molecule has 3 amide bonds. The van der Waals surface area contributed by atoms with Crippen LogP contribution >= 0.6 is 0 Å². The minimum atomic E-state index is -0.846. The Morgan fingerprint density at radius 2 is 1.78 bits per heavy atom. The minimum absolute atomic E-state index is 0.0279. The molecule has 7 nitrogen and oxygen atoms in total. The van der Waals surface area contributed by atoms with Crippen LogP contribution in [-0.4, -0.2) is 47.5 Å². The number of alkyl carbamates (subject to hydrolysis) is 1. The van der Waals surface area contributed by atoms with Crippen molar-refractivity contribution in [1.82, 2.24) is 15.5 Å². The van der Waals surface area contributed by atoms with E-state index in [1.165, 1.54) is 4.90 Å². The van der Waals surface area contributed by atoms with E-state index in [1.54, 1.807) is 26.8 Å². The van der Waals surface area contributed by atoms with Gasteiger partial charge in [0.05, 0.1) is 0 Å². The maximum atomic E-state index is 13.4. The van der Waals surface area contributed by atoms with E-state index < -0.39 is 23.6 Å². The molecule has 1 aromatic carbocycles. The third kappa shape index (κ3) is 8.36. The zero-order valence-corrected chi connectivity index (χ0v) is 20.6. The Bertz CT molecular complexity index is 794. The summed E-state index contributed by atoms with van der Waals surface area (Å²) in [7, 11) is 0. The quantitative estimate of drug-likeness (QED) is 0.529. The van der Waals surface area contributed by atoms with Gasteiger partial charge in [-0.2, -0.15) is 0 Å². The Morgan fingerprint density at radius 3 is 2.28 bits per heavy atom. The summed E-state index contributed by atoms with van der Waals surface area (Å²) >= 11 is 0. The van der Waals surface area contributed by atoms with Crippen LogP contribution in [0.5, 0.6) is 0 Å². The number of hydrogen-bond acceptors (Lipinski definition) is 4. The second-order valence-electron chi connectivity index (χ2n) is 9.10. The largest absolute Gasteiger partial charge is 0.444 e. The van der Waals surface area contributed by atoms with Gasteiger partial charge in [0, 0.05) is 12.6 Å². The van der Waals surface area contributed by atoms with Crippen molar-refractivity contribution >= 4 is 17.9 Å². The van der Waals surface area contributed by atoms with E-state index in [2.05, 4.69) is 24.1 Å². The first-order valence-electron chi connectivity index (χ1n) is 11.1. The normalized spacial score (nSPS) is 13.0. The van der Waals surface area contributed by atoms with Gasteiger partial charge in [0.1, 0.15) is 18.2 Å². The molecule has 32 heavy (non-hydrogen) atoms. The SMILES string of the molecule is C=CCN(C(=O)CNC(=O)OC(C)(C)C)C(C(=O)NC(C)CCC)c1c(C)cccc1C. The predicted molar refractivity (Wildman–Crippen MR) is 127 cm³/mol. The highest BCUT2D eigenvalue weighted by atomic mass is 16.6. The molecular formula is C25H39N3O4. The van der Waals surface area contributed by atoms with Crippen LogP contribution in [0.3, 0.4) is 0 Å². The highest BCUT2D eigenvalue weighted by Gasteiger charge is 2.33. The Morgan fingerprint density at radius 1 is 1.19 bits per heavy atom. The zero-order valence-electron chi connectivity index (χ0n) is 20.6. The maximum absolute atomic E-state index is 13.4. The number of ether oxygens (including phenoxy) is 1. The van der Waals surface area contributed by atoms with Gasteiger partial charge in [-0.3, -0.25) is 9.59 Å². The molecule has 1 aromatic rings. The van der Waals surface area contributed by atoms with Gasteiger partial charge in [-0.05, 0) is 64.7 Å². The van der Waals surface area contributed by atoms with Gasteiger partial charge in [0.2, 0.25) is 11.8 Å². The predicted octanol–water partition coefficient (Wildman–Crippen LogP) is 4.19. The van der Waals surface area contributed by atoms with Gasteiger partial charge in [-0.15, -0.1) is 6.58 Å². The fourth-order valence-corrected chi connectivity index (χ4v) is 3.57. The van der Waals surface area contributed by atoms with Crippen molar-refractivity contribution in [3.05, 3.63) is 47.5 Å².